The third-order valence-electron chi connectivity index (χ3n) is 2.31. The molecule has 7 heteroatoms. The maximum absolute atomic E-state index is 11.9. The molecule has 0 aromatic carbocycles. The lowest BCUT2D eigenvalue weighted by atomic mass is 10.2. The molecular weight excluding hydrogens is 259 g/mol. The first-order valence-electron chi connectivity index (χ1n) is 5.97. The number of aromatic nitrogens is 1. The number of alkyl halides is 3. The van der Waals surface area contributed by atoms with Crippen molar-refractivity contribution in [3.05, 3.63) is 23.9 Å². The van der Waals surface area contributed by atoms with Gasteiger partial charge in [0.1, 0.15) is 5.82 Å². The maximum Gasteiger partial charge on any atom is 0.389 e. The van der Waals surface area contributed by atoms with E-state index in [0.29, 0.717) is 11.4 Å². The molecule has 1 heterocycles. The summed E-state index contributed by atoms with van der Waals surface area (Å²) in [6.45, 7) is 2.63. The van der Waals surface area contributed by atoms with Crippen LogP contribution in [0.1, 0.15) is 30.1 Å². The number of hydrogen-bond donors (Lipinski definition) is 2. The van der Waals surface area contributed by atoms with Gasteiger partial charge in [-0.1, -0.05) is 0 Å². The van der Waals surface area contributed by atoms with Crippen LogP contribution in [0.3, 0.4) is 0 Å². The van der Waals surface area contributed by atoms with Gasteiger partial charge in [0, 0.05) is 25.7 Å². The average molecular weight is 275 g/mol. The SMILES string of the molecule is CCNc1ccc(C(=O)NCCCC(F)(F)F)cn1. The van der Waals surface area contributed by atoms with E-state index in [9.17, 15) is 18.0 Å². The number of carbonyl (C=O) groups excluding carboxylic acids is 1. The Morgan fingerprint density at radius 1 is 1.37 bits per heavy atom. The van der Waals surface area contributed by atoms with Gasteiger partial charge in [0.15, 0.2) is 0 Å². The minimum absolute atomic E-state index is 0.00664. The van der Waals surface area contributed by atoms with Crippen molar-refractivity contribution >= 4 is 11.7 Å². The van der Waals surface area contributed by atoms with Crippen molar-refractivity contribution in [2.75, 3.05) is 18.4 Å². The molecule has 0 aliphatic carbocycles. The number of hydrogen-bond acceptors (Lipinski definition) is 3. The van der Waals surface area contributed by atoms with Gasteiger partial charge in [-0.2, -0.15) is 13.2 Å². The summed E-state index contributed by atoms with van der Waals surface area (Å²) < 4.78 is 35.7. The average Bonchev–Trinajstić information content (AvgIpc) is 2.34. The third kappa shape index (κ3) is 6.08. The fraction of sp³-hybridized carbons (Fsp3) is 0.500. The fourth-order valence-electron chi connectivity index (χ4n) is 1.41. The summed E-state index contributed by atoms with van der Waals surface area (Å²) in [4.78, 5) is 15.6. The minimum Gasteiger partial charge on any atom is -0.370 e. The van der Waals surface area contributed by atoms with E-state index in [2.05, 4.69) is 15.6 Å². The molecule has 1 amide bonds. The summed E-state index contributed by atoms with van der Waals surface area (Å²) in [6.07, 6.45) is -3.82. The quantitative estimate of drug-likeness (QED) is 0.785. The maximum atomic E-state index is 11.9. The number of rotatable bonds is 6. The molecule has 0 fully saturated rings. The first kappa shape index (κ1) is 15.3. The molecule has 4 nitrogen and oxygen atoms in total. The van der Waals surface area contributed by atoms with Crippen molar-refractivity contribution in [1.82, 2.24) is 10.3 Å². The molecule has 0 unspecified atom stereocenters. The molecule has 0 atom stereocenters. The van der Waals surface area contributed by atoms with Crippen molar-refractivity contribution in [3.63, 3.8) is 0 Å². The Morgan fingerprint density at radius 2 is 2.11 bits per heavy atom. The summed E-state index contributed by atoms with van der Waals surface area (Å²) in [5, 5.41) is 5.40. The van der Waals surface area contributed by atoms with Crippen LogP contribution in [0.25, 0.3) is 0 Å². The second-order valence-corrected chi connectivity index (χ2v) is 3.94. The molecule has 0 aliphatic heterocycles. The predicted octanol–water partition coefficient (Wildman–Crippen LogP) is 2.59. The molecule has 0 bridgehead atoms. The molecule has 0 saturated carbocycles. The van der Waals surface area contributed by atoms with Crippen LogP contribution >= 0.6 is 0 Å². The van der Waals surface area contributed by atoms with Crippen molar-refractivity contribution < 1.29 is 18.0 Å². The van der Waals surface area contributed by atoms with E-state index >= 15 is 0 Å². The predicted molar refractivity (Wildman–Crippen MR) is 66.0 cm³/mol. The van der Waals surface area contributed by atoms with Crippen molar-refractivity contribution in [1.29, 1.82) is 0 Å². The third-order valence-corrected chi connectivity index (χ3v) is 2.31. The highest BCUT2D eigenvalue weighted by Crippen LogP contribution is 2.20. The van der Waals surface area contributed by atoms with Gasteiger partial charge in [-0.3, -0.25) is 4.79 Å². The smallest absolute Gasteiger partial charge is 0.370 e. The molecule has 1 aromatic rings. The van der Waals surface area contributed by atoms with Crippen LogP contribution in [-0.2, 0) is 0 Å². The standard InChI is InChI=1S/C12H16F3N3O/c1-2-16-10-5-4-9(8-18-10)11(19)17-7-3-6-12(13,14)15/h4-5,8H,2-3,6-7H2,1H3,(H,16,18)(H,17,19). The number of nitrogens with zero attached hydrogens (tertiary/aromatic N) is 1. The molecular formula is C12H16F3N3O. The van der Waals surface area contributed by atoms with Gasteiger partial charge in [0.25, 0.3) is 5.91 Å². The highest BCUT2D eigenvalue weighted by Gasteiger charge is 2.25. The van der Waals surface area contributed by atoms with Crippen LogP contribution < -0.4 is 10.6 Å². The lowest BCUT2D eigenvalue weighted by molar-refractivity contribution is -0.135. The van der Waals surface area contributed by atoms with E-state index in [4.69, 9.17) is 0 Å². The van der Waals surface area contributed by atoms with Crippen LogP contribution in [-0.4, -0.2) is 30.2 Å². The summed E-state index contributed by atoms with van der Waals surface area (Å²) in [6, 6.07) is 3.22. The summed E-state index contributed by atoms with van der Waals surface area (Å²) >= 11 is 0. The van der Waals surface area contributed by atoms with E-state index in [1.54, 1.807) is 12.1 Å². The van der Waals surface area contributed by atoms with Gasteiger partial charge in [-0.05, 0) is 25.5 Å². The van der Waals surface area contributed by atoms with E-state index in [-0.39, 0.29) is 13.0 Å². The van der Waals surface area contributed by atoms with Crippen molar-refractivity contribution in [3.8, 4) is 0 Å². The number of anilines is 1. The molecule has 0 aliphatic rings. The zero-order valence-electron chi connectivity index (χ0n) is 10.5. The van der Waals surface area contributed by atoms with Gasteiger partial charge in [-0.25, -0.2) is 4.98 Å². The summed E-state index contributed by atoms with van der Waals surface area (Å²) in [5.74, 6) is 0.230. The second kappa shape index (κ2) is 6.96. The summed E-state index contributed by atoms with van der Waals surface area (Å²) in [7, 11) is 0. The number of halogens is 3. The number of carbonyl (C=O) groups is 1. The molecule has 2 N–H and O–H groups in total. The number of amides is 1. The fourth-order valence-corrected chi connectivity index (χ4v) is 1.41. The Balaban J connectivity index is 2.37. The van der Waals surface area contributed by atoms with E-state index in [1.807, 2.05) is 6.92 Å². The first-order valence-corrected chi connectivity index (χ1v) is 5.97. The molecule has 1 aromatic heterocycles. The zero-order chi connectivity index (χ0) is 14.3. The Bertz CT molecular complexity index is 404. The molecule has 0 spiro atoms. The zero-order valence-corrected chi connectivity index (χ0v) is 10.5. The monoisotopic (exact) mass is 275 g/mol. The summed E-state index contributed by atoms with van der Waals surface area (Å²) in [5.41, 5.74) is 0.327. The molecule has 0 saturated heterocycles. The number of pyridine rings is 1. The molecule has 19 heavy (non-hydrogen) atoms. The Morgan fingerprint density at radius 3 is 2.63 bits per heavy atom. The largest absolute Gasteiger partial charge is 0.389 e. The molecule has 1 rings (SSSR count). The van der Waals surface area contributed by atoms with E-state index < -0.39 is 18.5 Å². The minimum atomic E-state index is -4.18. The lowest BCUT2D eigenvalue weighted by Gasteiger charge is -2.08. The van der Waals surface area contributed by atoms with Crippen LogP contribution in [0.4, 0.5) is 19.0 Å². The van der Waals surface area contributed by atoms with Crippen molar-refractivity contribution in [2.45, 2.75) is 25.9 Å². The number of nitrogens with one attached hydrogen (secondary N) is 2. The van der Waals surface area contributed by atoms with Crippen LogP contribution in [0, 0.1) is 0 Å². The lowest BCUT2D eigenvalue weighted by Crippen LogP contribution is -2.25. The topological polar surface area (TPSA) is 54.0 Å². The van der Waals surface area contributed by atoms with Crippen molar-refractivity contribution in [2.24, 2.45) is 0 Å². The Labute approximate surface area is 109 Å². The van der Waals surface area contributed by atoms with Crippen LogP contribution in [0.15, 0.2) is 18.3 Å². The highest BCUT2D eigenvalue weighted by molar-refractivity contribution is 5.93. The Kier molecular flexibility index (Phi) is 5.59. The highest BCUT2D eigenvalue weighted by atomic mass is 19.4. The van der Waals surface area contributed by atoms with Gasteiger partial charge in [0.2, 0.25) is 0 Å². The van der Waals surface area contributed by atoms with Crippen LogP contribution in [0.5, 0.6) is 0 Å². The normalized spacial score (nSPS) is 11.2. The van der Waals surface area contributed by atoms with Gasteiger partial charge in [-0.15, -0.1) is 0 Å². The Hall–Kier alpha value is -1.79. The molecule has 0 radical (unpaired) electrons. The van der Waals surface area contributed by atoms with Gasteiger partial charge >= 0.3 is 6.18 Å². The van der Waals surface area contributed by atoms with E-state index in [0.717, 1.165) is 6.54 Å². The molecule has 106 valence electrons. The van der Waals surface area contributed by atoms with Gasteiger partial charge < -0.3 is 10.6 Å². The second-order valence-electron chi connectivity index (χ2n) is 3.94. The van der Waals surface area contributed by atoms with Crippen LogP contribution in [0.2, 0.25) is 0 Å². The van der Waals surface area contributed by atoms with E-state index in [1.165, 1.54) is 6.20 Å². The first-order chi connectivity index (χ1) is 8.92. The van der Waals surface area contributed by atoms with Gasteiger partial charge in [0.05, 0.1) is 5.56 Å².